The molecule has 14 heteroatoms. The molecule has 2 heterocycles. The van der Waals surface area contributed by atoms with Crippen molar-refractivity contribution in [3.8, 4) is 10.4 Å². The maximum absolute atomic E-state index is 14.5. The van der Waals surface area contributed by atoms with Crippen molar-refractivity contribution in [2.24, 2.45) is 15.6 Å². The molecule has 1 aliphatic heterocycles. The Labute approximate surface area is 295 Å². The molecule has 2 aliphatic rings. The largest absolute Gasteiger partial charge is 0.391 e. The highest BCUT2D eigenvalue weighted by Crippen LogP contribution is 2.40. The Morgan fingerprint density at radius 2 is 1.82 bits per heavy atom. The van der Waals surface area contributed by atoms with Gasteiger partial charge in [-0.15, -0.1) is 11.3 Å². The van der Waals surface area contributed by atoms with E-state index in [1.807, 2.05) is 49.4 Å². The van der Waals surface area contributed by atoms with Crippen molar-refractivity contribution in [1.29, 1.82) is 0 Å². The van der Waals surface area contributed by atoms with Crippen LogP contribution in [0.1, 0.15) is 63.8 Å². The fourth-order valence-electron chi connectivity index (χ4n) is 5.77. The Morgan fingerprint density at radius 3 is 2.44 bits per heavy atom. The highest BCUT2D eigenvalue weighted by atomic mass is 32.1. The molecule has 4 amide bonds. The number of aryl methyl sites for hydroxylation is 1. The van der Waals surface area contributed by atoms with E-state index < -0.39 is 47.0 Å². The molecular weight excluding hydrogens is 662 g/mol. The number of hydrogen-bond acceptors (Lipinski definition) is 9. The molecule has 2 fully saturated rings. The normalized spacial score (nSPS) is 18.9. The lowest BCUT2D eigenvalue weighted by Crippen LogP contribution is -2.59. The van der Waals surface area contributed by atoms with Gasteiger partial charge in [-0.25, -0.2) is 9.37 Å². The van der Waals surface area contributed by atoms with Crippen LogP contribution >= 0.6 is 11.3 Å². The number of thiazole rings is 1. The monoisotopic (exact) mass is 705 g/mol. The first-order valence-corrected chi connectivity index (χ1v) is 17.6. The molecule has 0 spiro atoms. The van der Waals surface area contributed by atoms with E-state index in [0.29, 0.717) is 29.9 Å². The second-order valence-electron chi connectivity index (χ2n) is 14.1. The molecule has 1 aromatic heterocycles. The molecular formula is C36H44FN7O5S. The maximum Gasteiger partial charge on any atom is 0.258 e. The van der Waals surface area contributed by atoms with Crippen LogP contribution in [-0.4, -0.2) is 75.6 Å². The minimum absolute atomic E-state index is 0.0202. The van der Waals surface area contributed by atoms with E-state index in [4.69, 9.17) is 0 Å². The topological polar surface area (TPSA) is 165 Å². The number of nitrogens with zero attached hydrogens (tertiary/aromatic N) is 4. The van der Waals surface area contributed by atoms with E-state index >= 15 is 0 Å². The molecule has 3 aromatic rings. The standard InChI is InChI=1S/C36H44FN7O5S/c1-21-30(50-20-40-21)24-8-9-25(28(16-24)43-42-26-10-6-23(7-11-26)12-15-38-22(2)45)18-39-32(47)29-17-27(46)19-44(29)33(48)31(35(3,4)5)41-34(49)36(37)13-14-36/h6-11,16,20,27,29,31,46H,12-15,17-19H2,1-5H3,(H,38,45)(H,39,47)(H,41,49)/t27-,29+,31?/m1/s1. The van der Waals surface area contributed by atoms with Gasteiger partial charge in [0.05, 0.1) is 33.6 Å². The summed E-state index contributed by atoms with van der Waals surface area (Å²) < 4.78 is 14.5. The lowest BCUT2D eigenvalue weighted by molar-refractivity contribution is -0.145. The number of aromatic nitrogens is 1. The van der Waals surface area contributed by atoms with Crippen molar-refractivity contribution in [3.63, 3.8) is 0 Å². The van der Waals surface area contributed by atoms with Gasteiger partial charge in [0.2, 0.25) is 17.7 Å². The van der Waals surface area contributed by atoms with Crippen LogP contribution in [-0.2, 0) is 32.1 Å². The van der Waals surface area contributed by atoms with Crippen LogP contribution in [0.2, 0.25) is 0 Å². The van der Waals surface area contributed by atoms with Crippen LogP contribution in [0.4, 0.5) is 15.8 Å². The van der Waals surface area contributed by atoms with Crippen molar-refractivity contribution in [2.45, 2.75) is 90.7 Å². The molecule has 5 rings (SSSR count). The number of hydrogen-bond donors (Lipinski definition) is 4. The van der Waals surface area contributed by atoms with Crippen molar-refractivity contribution in [2.75, 3.05) is 13.1 Å². The van der Waals surface area contributed by atoms with E-state index in [-0.39, 0.29) is 38.3 Å². The fourth-order valence-corrected chi connectivity index (χ4v) is 6.57. The lowest BCUT2D eigenvalue weighted by atomic mass is 9.85. The fraction of sp³-hybridized carbons (Fsp3) is 0.472. The number of aliphatic hydroxyl groups excluding tert-OH is 1. The number of carbonyl (C=O) groups excluding carboxylic acids is 4. The maximum atomic E-state index is 14.5. The number of β-amino-alcohol motifs (C(OH)–C–C–N with tert-alkyl or cyclic N) is 1. The summed E-state index contributed by atoms with van der Waals surface area (Å²) in [5.41, 5.74) is 3.67. The predicted molar refractivity (Wildman–Crippen MR) is 188 cm³/mol. The second kappa shape index (κ2) is 15.1. The molecule has 1 unspecified atom stereocenters. The average Bonchev–Trinajstić information content (AvgIpc) is 3.47. The summed E-state index contributed by atoms with van der Waals surface area (Å²) in [5.74, 6) is -1.93. The van der Waals surface area contributed by atoms with Crippen LogP contribution in [0, 0.1) is 12.3 Å². The average molecular weight is 706 g/mol. The first kappa shape index (κ1) is 36.7. The molecule has 1 aliphatic carbocycles. The van der Waals surface area contributed by atoms with Gasteiger partial charge in [0.15, 0.2) is 5.67 Å². The molecule has 12 nitrogen and oxygen atoms in total. The minimum atomic E-state index is -1.97. The molecule has 4 N–H and O–H groups in total. The minimum Gasteiger partial charge on any atom is -0.391 e. The van der Waals surface area contributed by atoms with Crippen molar-refractivity contribution in [3.05, 3.63) is 64.8 Å². The van der Waals surface area contributed by atoms with Gasteiger partial charge >= 0.3 is 0 Å². The van der Waals surface area contributed by atoms with E-state index in [9.17, 15) is 28.7 Å². The summed E-state index contributed by atoms with van der Waals surface area (Å²) in [4.78, 5) is 57.8. The van der Waals surface area contributed by atoms with Gasteiger partial charge in [-0.3, -0.25) is 19.2 Å². The van der Waals surface area contributed by atoms with Crippen LogP contribution in [0.15, 0.2) is 58.2 Å². The van der Waals surface area contributed by atoms with Crippen molar-refractivity contribution >= 4 is 46.3 Å². The number of benzene rings is 2. The van der Waals surface area contributed by atoms with Gasteiger partial charge in [0.1, 0.15) is 12.1 Å². The smallest absolute Gasteiger partial charge is 0.258 e. The van der Waals surface area contributed by atoms with Gasteiger partial charge in [-0.1, -0.05) is 45.0 Å². The first-order valence-electron chi connectivity index (χ1n) is 16.7. The molecule has 2 aromatic carbocycles. The molecule has 3 atom stereocenters. The quantitative estimate of drug-likeness (QED) is 0.197. The van der Waals surface area contributed by atoms with Crippen molar-refractivity contribution in [1.82, 2.24) is 25.8 Å². The van der Waals surface area contributed by atoms with Gasteiger partial charge in [-0.2, -0.15) is 10.2 Å². The zero-order valence-corrected chi connectivity index (χ0v) is 29.8. The molecule has 1 saturated heterocycles. The molecule has 50 heavy (non-hydrogen) atoms. The van der Waals surface area contributed by atoms with Crippen LogP contribution in [0.3, 0.4) is 0 Å². The third-order valence-electron chi connectivity index (χ3n) is 8.89. The zero-order valence-electron chi connectivity index (χ0n) is 29.0. The van der Waals surface area contributed by atoms with E-state index in [1.165, 1.54) is 23.2 Å². The summed E-state index contributed by atoms with van der Waals surface area (Å²) in [6.07, 6.45) is -0.0206. The summed E-state index contributed by atoms with van der Waals surface area (Å²) in [5, 5.41) is 27.8. The predicted octanol–water partition coefficient (Wildman–Crippen LogP) is 4.82. The number of carbonyl (C=O) groups is 4. The summed E-state index contributed by atoms with van der Waals surface area (Å²) >= 11 is 1.50. The third kappa shape index (κ3) is 8.96. The molecule has 266 valence electrons. The Hall–Kier alpha value is -4.56. The van der Waals surface area contributed by atoms with Crippen LogP contribution in [0.5, 0.6) is 0 Å². The number of nitrogens with one attached hydrogen (secondary N) is 3. The number of aliphatic hydroxyl groups is 1. The Morgan fingerprint density at radius 1 is 1.10 bits per heavy atom. The van der Waals surface area contributed by atoms with Gasteiger partial charge < -0.3 is 26.0 Å². The molecule has 0 bridgehead atoms. The number of likely N-dealkylation sites (tertiary alicyclic amines) is 1. The van der Waals surface area contributed by atoms with Crippen LogP contribution < -0.4 is 16.0 Å². The van der Waals surface area contributed by atoms with E-state index in [2.05, 4.69) is 31.2 Å². The number of halogens is 1. The Balaban J connectivity index is 1.32. The van der Waals surface area contributed by atoms with E-state index in [0.717, 1.165) is 21.7 Å². The summed E-state index contributed by atoms with van der Waals surface area (Å²) in [6, 6.07) is 11.1. The van der Waals surface area contributed by atoms with Crippen LogP contribution in [0.25, 0.3) is 10.4 Å². The van der Waals surface area contributed by atoms with Crippen molar-refractivity contribution < 1.29 is 28.7 Å². The number of rotatable bonds is 12. The van der Waals surface area contributed by atoms with Gasteiger partial charge in [0, 0.05) is 33.0 Å². The second-order valence-corrected chi connectivity index (χ2v) is 14.9. The number of amides is 4. The highest BCUT2D eigenvalue weighted by molar-refractivity contribution is 7.13. The zero-order chi connectivity index (χ0) is 36.2. The Kier molecular flexibility index (Phi) is 11.1. The third-order valence-corrected chi connectivity index (χ3v) is 9.87. The lowest BCUT2D eigenvalue weighted by Gasteiger charge is -2.35. The summed E-state index contributed by atoms with van der Waals surface area (Å²) in [7, 11) is 0. The molecule has 1 saturated carbocycles. The van der Waals surface area contributed by atoms with E-state index in [1.54, 1.807) is 26.3 Å². The highest BCUT2D eigenvalue weighted by Gasteiger charge is 2.53. The number of alkyl halides is 1. The van der Waals surface area contributed by atoms with Gasteiger partial charge in [-0.05, 0) is 66.5 Å². The number of azo groups is 1. The Bertz CT molecular complexity index is 1770. The summed E-state index contributed by atoms with van der Waals surface area (Å²) in [6.45, 7) is 9.18. The van der Waals surface area contributed by atoms with Gasteiger partial charge in [0.25, 0.3) is 5.91 Å². The first-order chi connectivity index (χ1) is 23.6. The molecule has 0 radical (unpaired) electrons. The SMILES string of the molecule is CC(=O)NCCc1ccc(N=Nc2cc(-c3scnc3C)ccc2CNC(=O)[C@@H]2C[C@@H](O)CN2C(=O)C(NC(=O)C2(F)CC2)C(C)(C)C)cc1.